The molecular weight excluding hydrogens is 152 g/mol. The first-order valence-electron chi connectivity index (χ1n) is 5.03. The number of ether oxygens (including phenoxy) is 1. The fraction of sp³-hybridized carbons (Fsp3) is 1.00. The maximum absolute atomic E-state index is 8.97. The largest absolute Gasteiger partial charge is 0.396 e. The van der Waals surface area contributed by atoms with Gasteiger partial charge in [0.2, 0.25) is 0 Å². The van der Waals surface area contributed by atoms with Gasteiger partial charge in [-0.25, -0.2) is 0 Å². The van der Waals surface area contributed by atoms with Crippen LogP contribution < -0.4 is 0 Å². The monoisotopic (exact) mass is 174 g/mol. The molecule has 0 aromatic carbocycles. The van der Waals surface area contributed by atoms with Crippen molar-refractivity contribution in [3.63, 3.8) is 0 Å². The summed E-state index contributed by atoms with van der Waals surface area (Å²) < 4.78 is 5.26. The number of unbranched alkanes of at least 4 members (excludes halogenated alkanes) is 2. The summed E-state index contributed by atoms with van der Waals surface area (Å²) in [6.07, 6.45) is 4.83. The van der Waals surface area contributed by atoms with E-state index in [-0.39, 0.29) is 6.61 Å². The summed E-state index contributed by atoms with van der Waals surface area (Å²) >= 11 is 0. The maximum atomic E-state index is 8.97. The van der Waals surface area contributed by atoms with Crippen molar-refractivity contribution in [2.24, 2.45) is 5.92 Å². The van der Waals surface area contributed by atoms with Gasteiger partial charge in [-0.15, -0.1) is 0 Å². The van der Waals surface area contributed by atoms with Crippen LogP contribution in [-0.2, 0) is 4.74 Å². The minimum atomic E-state index is 0.268. The Morgan fingerprint density at radius 2 is 2.00 bits per heavy atom. The second-order valence-corrected chi connectivity index (χ2v) is 3.20. The van der Waals surface area contributed by atoms with Gasteiger partial charge >= 0.3 is 0 Å². The fourth-order valence-electron chi connectivity index (χ4n) is 1.19. The average Bonchev–Trinajstić information content (AvgIpc) is 2.11. The second kappa shape index (κ2) is 9.01. The van der Waals surface area contributed by atoms with Crippen LogP contribution in [0.25, 0.3) is 0 Å². The number of hydrogen-bond acceptors (Lipinski definition) is 2. The Kier molecular flexibility index (Phi) is 8.95. The summed E-state index contributed by atoms with van der Waals surface area (Å²) in [7, 11) is 0. The van der Waals surface area contributed by atoms with E-state index < -0.39 is 0 Å². The standard InChI is InChI=1S/C10H22O2/c1-3-5-6-7-10(8-11)9-12-4-2/h10-11H,3-9H2,1-2H3. The highest BCUT2D eigenvalue weighted by Crippen LogP contribution is 2.09. The Hall–Kier alpha value is -0.0800. The molecule has 1 N–H and O–H groups in total. The van der Waals surface area contributed by atoms with Gasteiger partial charge in [-0.2, -0.15) is 0 Å². The van der Waals surface area contributed by atoms with Gasteiger partial charge in [0.05, 0.1) is 6.61 Å². The molecular formula is C10H22O2. The number of aliphatic hydroxyl groups excluding tert-OH is 1. The lowest BCUT2D eigenvalue weighted by Crippen LogP contribution is -2.13. The zero-order chi connectivity index (χ0) is 9.23. The van der Waals surface area contributed by atoms with Gasteiger partial charge in [-0.1, -0.05) is 26.2 Å². The molecule has 0 spiro atoms. The lowest BCUT2D eigenvalue weighted by Gasteiger charge is -2.12. The molecule has 74 valence electrons. The topological polar surface area (TPSA) is 29.5 Å². The molecule has 0 fully saturated rings. The molecule has 2 heteroatoms. The fourth-order valence-corrected chi connectivity index (χ4v) is 1.19. The van der Waals surface area contributed by atoms with E-state index in [4.69, 9.17) is 9.84 Å². The molecule has 0 heterocycles. The van der Waals surface area contributed by atoms with Crippen LogP contribution in [0.4, 0.5) is 0 Å². The quantitative estimate of drug-likeness (QED) is 0.572. The molecule has 0 saturated carbocycles. The van der Waals surface area contributed by atoms with E-state index in [1.807, 2.05) is 6.92 Å². The first-order valence-corrected chi connectivity index (χ1v) is 5.03. The van der Waals surface area contributed by atoms with Crippen molar-refractivity contribution in [3.8, 4) is 0 Å². The van der Waals surface area contributed by atoms with Crippen LogP contribution in [0.1, 0.15) is 39.5 Å². The Morgan fingerprint density at radius 3 is 2.50 bits per heavy atom. The Bertz CT molecular complexity index is 83.9. The van der Waals surface area contributed by atoms with E-state index in [0.29, 0.717) is 5.92 Å². The average molecular weight is 174 g/mol. The van der Waals surface area contributed by atoms with E-state index in [1.54, 1.807) is 0 Å². The van der Waals surface area contributed by atoms with Crippen molar-refractivity contribution in [2.75, 3.05) is 19.8 Å². The molecule has 0 rings (SSSR count). The smallest absolute Gasteiger partial charge is 0.0516 e. The minimum absolute atomic E-state index is 0.268. The predicted molar refractivity (Wildman–Crippen MR) is 51.2 cm³/mol. The molecule has 0 amide bonds. The van der Waals surface area contributed by atoms with Crippen molar-refractivity contribution < 1.29 is 9.84 Å². The summed E-state index contributed by atoms with van der Waals surface area (Å²) in [5.74, 6) is 0.358. The van der Waals surface area contributed by atoms with Gasteiger partial charge < -0.3 is 9.84 Å². The molecule has 0 bridgehead atoms. The van der Waals surface area contributed by atoms with Crippen LogP contribution >= 0.6 is 0 Å². The Balaban J connectivity index is 3.26. The molecule has 0 aromatic heterocycles. The van der Waals surface area contributed by atoms with Crippen molar-refractivity contribution in [1.82, 2.24) is 0 Å². The molecule has 0 aliphatic carbocycles. The van der Waals surface area contributed by atoms with Crippen LogP contribution in [0.3, 0.4) is 0 Å². The maximum Gasteiger partial charge on any atom is 0.0516 e. The van der Waals surface area contributed by atoms with Crippen molar-refractivity contribution >= 4 is 0 Å². The molecule has 0 aliphatic rings. The number of rotatable bonds is 8. The first-order chi connectivity index (χ1) is 5.85. The number of hydrogen-bond donors (Lipinski definition) is 1. The third kappa shape index (κ3) is 6.62. The SMILES string of the molecule is CCCCCC(CO)COCC. The summed E-state index contributed by atoms with van der Waals surface area (Å²) in [6.45, 7) is 5.92. The van der Waals surface area contributed by atoms with Gasteiger partial charge in [0.15, 0.2) is 0 Å². The van der Waals surface area contributed by atoms with Gasteiger partial charge in [0.1, 0.15) is 0 Å². The van der Waals surface area contributed by atoms with Gasteiger partial charge in [-0.05, 0) is 13.3 Å². The van der Waals surface area contributed by atoms with Crippen LogP contribution in [0.2, 0.25) is 0 Å². The van der Waals surface area contributed by atoms with E-state index in [2.05, 4.69) is 6.92 Å². The minimum Gasteiger partial charge on any atom is -0.396 e. The van der Waals surface area contributed by atoms with Crippen molar-refractivity contribution in [1.29, 1.82) is 0 Å². The lowest BCUT2D eigenvalue weighted by molar-refractivity contribution is 0.0760. The zero-order valence-electron chi connectivity index (χ0n) is 8.38. The van der Waals surface area contributed by atoms with Gasteiger partial charge in [-0.3, -0.25) is 0 Å². The summed E-state index contributed by atoms with van der Waals surface area (Å²) in [5, 5.41) is 8.97. The highest BCUT2D eigenvalue weighted by molar-refractivity contribution is 4.56. The third-order valence-corrected chi connectivity index (χ3v) is 2.03. The van der Waals surface area contributed by atoms with Crippen molar-refractivity contribution in [3.05, 3.63) is 0 Å². The van der Waals surface area contributed by atoms with Gasteiger partial charge in [0.25, 0.3) is 0 Å². The molecule has 0 saturated heterocycles. The van der Waals surface area contributed by atoms with Crippen LogP contribution in [0.15, 0.2) is 0 Å². The van der Waals surface area contributed by atoms with Crippen LogP contribution in [0.5, 0.6) is 0 Å². The Labute approximate surface area is 75.9 Å². The van der Waals surface area contributed by atoms with E-state index in [9.17, 15) is 0 Å². The molecule has 0 aliphatic heterocycles. The van der Waals surface area contributed by atoms with Crippen LogP contribution in [-0.4, -0.2) is 24.9 Å². The molecule has 0 radical (unpaired) electrons. The molecule has 1 unspecified atom stereocenters. The van der Waals surface area contributed by atoms with Crippen LogP contribution in [0, 0.1) is 5.92 Å². The molecule has 2 nitrogen and oxygen atoms in total. The van der Waals surface area contributed by atoms with Gasteiger partial charge in [0, 0.05) is 19.1 Å². The Morgan fingerprint density at radius 1 is 1.25 bits per heavy atom. The normalized spacial score (nSPS) is 13.2. The van der Waals surface area contributed by atoms with Crippen molar-refractivity contribution in [2.45, 2.75) is 39.5 Å². The van der Waals surface area contributed by atoms with E-state index >= 15 is 0 Å². The molecule has 12 heavy (non-hydrogen) atoms. The third-order valence-electron chi connectivity index (χ3n) is 2.03. The van der Waals surface area contributed by atoms with E-state index in [1.165, 1.54) is 19.3 Å². The summed E-state index contributed by atoms with van der Waals surface area (Å²) in [4.78, 5) is 0. The highest BCUT2D eigenvalue weighted by Gasteiger charge is 2.05. The second-order valence-electron chi connectivity index (χ2n) is 3.20. The molecule has 1 atom stereocenters. The zero-order valence-corrected chi connectivity index (χ0v) is 8.38. The predicted octanol–water partition coefficient (Wildman–Crippen LogP) is 2.21. The number of aliphatic hydroxyl groups is 1. The van der Waals surface area contributed by atoms with E-state index in [0.717, 1.165) is 19.6 Å². The highest BCUT2D eigenvalue weighted by atomic mass is 16.5. The lowest BCUT2D eigenvalue weighted by atomic mass is 10.0. The molecule has 0 aromatic rings. The first kappa shape index (κ1) is 11.9. The summed E-state index contributed by atoms with van der Waals surface area (Å²) in [6, 6.07) is 0. The summed E-state index contributed by atoms with van der Waals surface area (Å²) in [5.41, 5.74) is 0.